The number of hydrogen-bond donors (Lipinski definition) is 1. The van der Waals surface area contributed by atoms with Gasteiger partial charge in [-0.05, 0) is 51.3 Å². The van der Waals surface area contributed by atoms with Crippen molar-refractivity contribution in [2.45, 2.75) is 26.3 Å². The zero-order valence-corrected chi connectivity index (χ0v) is 14.1. The summed E-state index contributed by atoms with van der Waals surface area (Å²) in [5, 5.41) is 4.45. The summed E-state index contributed by atoms with van der Waals surface area (Å²) in [6.07, 6.45) is 4.76. The van der Waals surface area contributed by atoms with E-state index in [0.29, 0.717) is 0 Å². The molecule has 2 aromatic rings. The van der Waals surface area contributed by atoms with E-state index in [4.69, 9.17) is 0 Å². The van der Waals surface area contributed by atoms with Gasteiger partial charge in [-0.15, -0.1) is 11.3 Å². The van der Waals surface area contributed by atoms with Crippen LogP contribution in [0, 0.1) is 0 Å². The van der Waals surface area contributed by atoms with Gasteiger partial charge in [0.05, 0.1) is 10.5 Å². The van der Waals surface area contributed by atoms with Crippen LogP contribution in [-0.4, -0.2) is 9.97 Å². The molecule has 0 saturated carbocycles. The van der Waals surface area contributed by atoms with Crippen LogP contribution in [0.1, 0.15) is 29.8 Å². The van der Waals surface area contributed by atoms with Crippen LogP contribution in [-0.2, 0) is 6.42 Å². The molecule has 1 N–H and O–H groups in total. The molecule has 3 nitrogen and oxygen atoms in total. The highest BCUT2D eigenvalue weighted by Gasteiger charge is 2.12. The Hall–Kier alpha value is -0.460. The molecular weight excluding hydrogens is 378 g/mol. The fourth-order valence-corrected chi connectivity index (χ4v) is 3.44. The third-order valence-electron chi connectivity index (χ3n) is 2.45. The number of aromatic nitrogens is 2. The Morgan fingerprint density at radius 2 is 2.11 bits per heavy atom. The summed E-state index contributed by atoms with van der Waals surface area (Å²) in [4.78, 5) is 10.1. The molecule has 0 aromatic carbocycles. The van der Waals surface area contributed by atoms with Gasteiger partial charge < -0.3 is 5.32 Å². The van der Waals surface area contributed by atoms with Crippen LogP contribution in [0.5, 0.6) is 0 Å². The Morgan fingerprint density at radius 1 is 1.33 bits per heavy atom. The minimum Gasteiger partial charge on any atom is -0.360 e. The predicted octanol–water partition coefficient (Wildman–Crippen LogP) is 4.80. The molecule has 0 bridgehead atoms. The number of aryl methyl sites for hydroxylation is 1. The van der Waals surface area contributed by atoms with Crippen LogP contribution in [0.15, 0.2) is 27.4 Å². The topological polar surface area (TPSA) is 37.8 Å². The van der Waals surface area contributed by atoms with E-state index >= 15 is 0 Å². The number of nitrogens with zero attached hydrogens (tertiary/aromatic N) is 2. The molecule has 0 fully saturated rings. The Morgan fingerprint density at radius 3 is 2.72 bits per heavy atom. The van der Waals surface area contributed by atoms with Crippen molar-refractivity contribution >= 4 is 49.0 Å². The van der Waals surface area contributed by atoms with Crippen molar-refractivity contribution in [3.05, 3.63) is 37.3 Å². The summed E-state index contributed by atoms with van der Waals surface area (Å²) in [7, 11) is 0. The van der Waals surface area contributed by atoms with Crippen LogP contribution in [0.3, 0.4) is 0 Å². The van der Waals surface area contributed by atoms with Crippen LogP contribution < -0.4 is 5.32 Å². The first kappa shape index (κ1) is 14.0. The average molecular weight is 391 g/mol. The highest BCUT2D eigenvalue weighted by Crippen LogP contribution is 2.28. The van der Waals surface area contributed by atoms with Gasteiger partial charge in [-0.25, -0.2) is 9.97 Å². The minimum atomic E-state index is 0.153. The van der Waals surface area contributed by atoms with Crippen LogP contribution in [0.25, 0.3) is 0 Å². The zero-order chi connectivity index (χ0) is 13.1. The van der Waals surface area contributed by atoms with Gasteiger partial charge in [0.1, 0.15) is 10.8 Å². The Bertz CT molecular complexity index is 542. The monoisotopic (exact) mass is 389 g/mol. The first-order valence-electron chi connectivity index (χ1n) is 5.62. The van der Waals surface area contributed by atoms with Crippen molar-refractivity contribution in [1.29, 1.82) is 0 Å². The molecule has 2 rings (SSSR count). The standard InChI is InChI=1S/C12H13Br2N3S/c1-3-9-6-16-12(18-9)7(2)17-11-10(14)4-8(13)5-15-11/h4-7H,3H2,1-2H3,(H,15,17). The minimum absolute atomic E-state index is 0.153. The maximum absolute atomic E-state index is 4.43. The van der Waals surface area contributed by atoms with Crippen molar-refractivity contribution in [3.63, 3.8) is 0 Å². The van der Waals surface area contributed by atoms with Gasteiger partial charge in [-0.1, -0.05) is 6.92 Å². The van der Waals surface area contributed by atoms with Crippen molar-refractivity contribution in [3.8, 4) is 0 Å². The quantitative estimate of drug-likeness (QED) is 0.814. The maximum Gasteiger partial charge on any atom is 0.140 e. The first-order chi connectivity index (χ1) is 8.60. The third kappa shape index (κ3) is 3.30. The second-order valence-corrected chi connectivity index (χ2v) is 6.79. The number of pyridine rings is 1. The van der Waals surface area contributed by atoms with Gasteiger partial charge >= 0.3 is 0 Å². The van der Waals surface area contributed by atoms with Crippen molar-refractivity contribution in [1.82, 2.24) is 9.97 Å². The van der Waals surface area contributed by atoms with E-state index in [1.54, 1.807) is 17.5 Å². The highest BCUT2D eigenvalue weighted by molar-refractivity contribution is 9.11. The van der Waals surface area contributed by atoms with Crippen LogP contribution in [0.2, 0.25) is 0 Å². The number of hydrogen-bond acceptors (Lipinski definition) is 4. The SMILES string of the molecule is CCc1cnc(C(C)Nc2ncc(Br)cc2Br)s1. The van der Waals surface area contributed by atoms with E-state index in [9.17, 15) is 0 Å². The number of thiazole rings is 1. The van der Waals surface area contributed by atoms with Gasteiger partial charge in [0.15, 0.2) is 0 Å². The zero-order valence-electron chi connectivity index (χ0n) is 10.1. The normalized spacial score (nSPS) is 12.4. The summed E-state index contributed by atoms with van der Waals surface area (Å²) in [5.41, 5.74) is 0. The van der Waals surface area contributed by atoms with Crippen molar-refractivity contribution in [2.24, 2.45) is 0 Å². The molecule has 2 heterocycles. The molecule has 0 aliphatic heterocycles. The molecule has 2 aromatic heterocycles. The van der Waals surface area contributed by atoms with E-state index in [0.717, 1.165) is 26.2 Å². The molecule has 18 heavy (non-hydrogen) atoms. The largest absolute Gasteiger partial charge is 0.360 e. The van der Waals surface area contributed by atoms with Gasteiger partial charge in [0.2, 0.25) is 0 Å². The molecule has 0 amide bonds. The average Bonchev–Trinajstić information content (AvgIpc) is 2.81. The molecule has 0 radical (unpaired) electrons. The molecule has 96 valence electrons. The lowest BCUT2D eigenvalue weighted by molar-refractivity contribution is 0.859. The van der Waals surface area contributed by atoms with E-state index in [1.165, 1.54) is 4.88 Å². The fraction of sp³-hybridized carbons (Fsp3) is 0.333. The van der Waals surface area contributed by atoms with Crippen LogP contribution in [0.4, 0.5) is 5.82 Å². The molecule has 6 heteroatoms. The van der Waals surface area contributed by atoms with E-state index < -0.39 is 0 Å². The van der Waals surface area contributed by atoms with Crippen LogP contribution >= 0.6 is 43.2 Å². The molecule has 0 aliphatic rings. The van der Waals surface area contributed by atoms with E-state index in [2.05, 4.69) is 61.0 Å². The fourth-order valence-electron chi connectivity index (χ4n) is 1.47. The van der Waals surface area contributed by atoms with Gasteiger partial charge in [-0.2, -0.15) is 0 Å². The molecule has 0 spiro atoms. The maximum atomic E-state index is 4.43. The Labute approximate surface area is 127 Å². The lowest BCUT2D eigenvalue weighted by atomic mass is 10.3. The van der Waals surface area contributed by atoms with Gasteiger partial charge in [0, 0.05) is 21.7 Å². The molecular formula is C12H13Br2N3S. The van der Waals surface area contributed by atoms with Gasteiger partial charge in [0.25, 0.3) is 0 Å². The summed E-state index contributed by atoms with van der Waals surface area (Å²) in [6.45, 7) is 4.23. The second-order valence-electron chi connectivity index (χ2n) is 3.87. The predicted molar refractivity (Wildman–Crippen MR) is 83.2 cm³/mol. The highest BCUT2D eigenvalue weighted by atomic mass is 79.9. The van der Waals surface area contributed by atoms with Crippen molar-refractivity contribution in [2.75, 3.05) is 5.32 Å². The van der Waals surface area contributed by atoms with E-state index in [1.807, 2.05) is 12.3 Å². The summed E-state index contributed by atoms with van der Waals surface area (Å²) in [6, 6.07) is 2.13. The number of rotatable bonds is 4. The lowest BCUT2D eigenvalue weighted by Crippen LogP contribution is -2.07. The lowest BCUT2D eigenvalue weighted by Gasteiger charge is -2.13. The van der Waals surface area contributed by atoms with Gasteiger partial charge in [-0.3, -0.25) is 0 Å². The van der Waals surface area contributed by atoms with Crippen molar-refractivity contribution < 1.29 is 0 Å². The smallest absolute Gasteiger partial charge is 0.140 e. The number of nitrogens with one attached hydrogen (secondary N) is 1. The van der Waals surface area contributed by atoms with E-state index in [-0.39, 0.29) is 6.04 Å². The summed E-state index contributed by atoms with van der Waals surface area (Å²) >= 11 is 8.63. The Balaban J connectivity index is 2.13. The number of halogens is 2. The summed E-state index contributed by atoms with van der Waals surface area (Å²) < 4.78 is 1.89. The molecule has 1 atom stereocenters. The summed E-state index contributed by atoms with van der Waals surface area (Å²) in [5.74, 6) is 0.832. The Kier molecular flexibility index (Phi) is 4.75. The number of anilines is 1. The third-order valence-corrected chi connectivity index (χ3v) is 4.81. The first-order valence-corrected chi connectivity index (χ1v) is 8.02. The molecule has 0 aliphatic carbocycles. The second kappa shape index (κ2) is 6.12. The molecule has 0 saturated heterocycles. The molecule has 1 unspecified atom stereocenters.